The summed E-state index contributed by atoms with van der Waals surface area (Å²) < 4.78 is 5.28. The maximum Gasteiger partial charge on any atom is 0.331 e. The Kier molecular flexibility index (Phi) is 6.54. The van der Waals surface area contributed by atoms with E-state index < -0.39 is 11.6 Å². The van der Waals surface area contributed by atoms with Crippen molar-refractivity contribution in [3.63, 3.8) is 0 Å². The van der Waals surface area contributed by atoms with Crippen LogP contribution in [0.15, 0.2) is 18.3 Å². The summed E-state index contributed by atoms with van der Waals surface area (Å²) in [4.78, 5) is 35.1. The first kappa shape index (κ1) is 21.3. The molecular formula is C21H31N5O3. The number of likely N-dealkylation sites (N-methyl/N-ethyl adjacent to an activating group) is 1. The molecule has 3 heterocycles. The number of esters is 1. The SMILES string of the molecule is CN1CCN(CCN2Cc3cc(/C=C/C(=O)OC(C)(C)C)cnc3NC2=O)CC1. The molecule has 8 heteroatoms. The van der Waals surface area contributed by atoms with Crippen molar-refractivity contribution >= 4 is 23.9 Å². The third-order valence-corrected chi connectivity index (χ3v) is 4.96. The first-order valence-corrected chi connectivity index (χ1v) is 10.1. The minimum atomic E-state index is -0.524. The molecule has 0 unspecified atom stereocenters. The molecule has 0 aliphatic carbocycles. The molecular weight excluding hydrogens is 370 g/mol. The molecule has 3 rings (SSSR count). The van der Waals surface area contributed by atoms with Crippen molar-refractivity contribution in [1.82, 2.24) is 19.7 Å². The van der Waals surface area contributed by atoms with Crippen LogP contribution in [0.5, 0.6) is 0 Å². The molecule has 0 bridgehead atoms. The van der Waals surface area contributed by atoms with Crippen molar-refractivity contribution < 1.29 is 14.3 Å². The number of hydrogen-bond acceptors (Lipinski definition) is 6. The Bertz CT molecular complexity index is 779. The zero-order chi connectivity index (χ0) is 21.0. The Morgan fingerprint density at radius 2 is 1.97 bits per heavy atom. The van der Waals surface area contributed by atoms with Gasteiger partial charge in [0, 0.05) is 57.1 Å². The zero-order valence-corrected chi connectivity index (χ0v) is 17.8. The number of ether oxygens (including phenoxy) is 1. The van der Waals surface area contributed by atoms with E-state index in [4.69, 9.17) is 4.74 Å². The molecule has 0 radical (unpaired) electrons. The zero-order valence-electron chi connectivity index (χ0n) is 17.8. The number of nitrogens with one attached hydrogen (secondary N) is 1. The van der Waals surface area contributed by atoms with Gasteiger partial charge in [0.1, 0.15) is 11.4 Å². The molecule has 2 amide bonds. The predicted molar refractivity (Wildman–Crippen MR) is 112 cm³/mol. The van der Waals surface area contributed by atoms with E-state index in [-0.39, 0.29) is 6.03 Å². The van der Waals surface area contributed by atoms with Crippen molar-refractivity contribution in [2.45, 2.75) is 32.9 Å². The van der Waals surface area contributed by atoms with Crippen molar-refractivity contribution in [3.05, 3.63) is 29.5 Å². The number of nitrogens with zero attached hydrogens (tertiary/aromatic N) is 4. The number of anilines is 1. The van der Waals surface area contributed by atoms with Gasteiger partial charge in [0.15, 0.2) is 0 Å². The van der Waals surface area contributed by atoms with E-state index in [1.807, 2.05) is 31.7 Å². The molecule has 0 saturated carbocycles. The van der Waals surface area contributed by atoms with Gasteiger partial charge in [-0.15, -0.1) is 0 Å². The van der Waals surface area contributed by atoms with Gasteiger partial charge in [-0.25, -0.2) is 14.6 Å². The van der Waals surface area contributed by atoms with E-state index in [1.165, 1.54) is 6.08 Å². The molecule has 1 N–H and O–H groups in total. The second-order valence-electron chi connectivity index (χ2n) is 8.64. The number of hydrogen-bond donors (Lipinski definition) is 1. The van der Waals surface area contributed by atoms with Crippen molar-refractivity contribution in [3.8, 4) is 0 Å². The minimum Gasteiger partial charge on any atom is -0.457 e. The lowest BCUT2D eigenvalue weighted by atomic mass is 10.1. The average molecular weight is 402 g/mol. The second kappa shape index (κ2) is 8.92. The maximum atomic E-state index is 12.4. The molecule has 158 valence electrons. The normalized spacial score (nSPS) is 18.6. The fraction of sp³-hybridized carbons (Fsp3) is 0.571. The third-order valence-electron chi connectivity index (χ3n) is 4.96. The number of rotatable bonds is 5. The number of carbonyl (C=O) groups excluding carboxylic acids is 2. The fourth-order valence-corrected chi connectivity index (χ4v) is 3.33. The van der Waals surface area contributed by atoms with Gasteiger partial charge in [-0.05, 0) is 45.5 Å². The lowest BCUT2D eigenvalue weighted by Gasteiger charge is -2.35. The van der Waals surface area contributed by atoms with Gasteiger partial charge in [0.05, 0.1) is 6.54 Å². The van der Waals surface area contributed by atoms with E-state index in [2.05, 4.69) is 27.1 Å². The second-order valence-corrected chi connectivity index (χ2v) is 8.64. The van der Waals surface area contributed by atoms with Crippen LogP contribution in [0, 0.1) is 0 Å². The van der Waals surface area contributed by atoms with E-state index >= 15 is 0 Å². The summed E-state index contributed by atoms with van der Waals surface area (Å²) in [7, 11) is 2.13. The molecule has 2 aliphatic rings. The first-order valence-electron chi connectivity index (χ1n) is 10.1. The number of fused-ring (bicyclic) bond motifs is 1. The molecule has 0 aromatic carbocycles. The lowest BCUT2D eigenvalue weighted by molar-refractivity contribution is -0.148. The molecule has 0 spiro atoms. The smallest absolute Gasteiger partial charge is 0.331 e. The van der Waals surface area contributed by atoms with Gasteiger partial charge < -0.3 is 14.5 Å². The van der Waals surface area contributed by atoms with Gasteiger partial charge in [-0.3, -0.25) is 10.2 Å². The lowest BCUT2D eigenvalue weighted by Crippen LogP contribution is -2.48. The van der Waals surface area contributed by atoms with E-state index in [9.17, 15) is 9.59 Å². The molecule has 29 heavy (non-hydrogen) atoms. The van der Waals surface area contributed by atoms with Crippen LogP contribution in [0.2, 0.25) is 0 Å². The van der Waals surface area contributed by atoms with Crippen molar-refractivity contribution in [1.29, 1.82) is 0 Å². The minimum absolute atomic E-state index is 0.115. The van der Waals surface area contributed by atoms with Crippen LogP contribution < -0.4 is 5.32 Å². The summed E-state index contributed by atoms with van der Waals surface area (Å²) in [6.45, 7) is 11.7. The highest BCUT2D eigenvalue weighted by Crippen LogP contribution is 2.22. The number of amides is 2. The molecule has 1 saturated heterocycles. The number of piperazine rings is 1. The summed E-state index contributed by atoms with van der Waals surface area (Å²) in [6.07, 6.45) is 4.73. The van der Waals surface area contributed by atoms with Gasteiger partial charge in [0.25, 0.3) is 0 Å². The summed E-state index contributed by atoms with van der Waals surface area (Å²) >= 11 is 0. The monoisotopic (exact) mass is 401 g/mol. The van der Waals surface area contributed by atoms with Crippen LogP contribution >= 0.6 is 0 Å². The predicted octanol–water partition coefficient (Wildman–Crippen LogP) is 2.03. The molecule has 1 aromatic heterocycles. The Labute approximate surface area is 172 Å². The quantitative estimate of drug-likeness (QED) is 0.601. The van der Waals surface area contributed by atoms with E-state index in [1.54, 1.807) is 12.3 Å². The van der Waals surface area contributed by atoms with Crippen molar-refractivity contribution in [2.24, 2.45) is 0 Å². The van der Waals surface area contributed by atoms with Crippen LogP contribution in [0.25, 0.3) is 6.08 Å². The van der Waals surface area contributed by atoms with Gasteiger partial charge in [-0.2, -0.15) is 0 Å². The summed E-state index contributed by atoms with van der Waals surface area (Å²) in [5.41, 5.74) is 1.21. The highest BCUT2D eigenvalue weighted by atomic mass is 16.6. The van der Waals surface area contributed by atoms with E-state index in [0.717, 1.165) is 43.9 Å². The summed E-state index contributed by atoms with van der Waals surface area (Å²) in [5.74, 6) is 0.192. The van der Waals surface area contributed by atoms with Crippen LogP contribution in [-0.4, -0.2) is 83.6 Å². The maximum absolute atomic E-state index is 12.4. The Hall–Kier alpha value is -2.45. The average Bonchev–Trinajstić information content (AvgIpc) is 2.64. The number of carbonyl (C=O) groups is 2. The third kappa shape index (κ3) is 6.27. The highest BCUT2D eigenvalue weighted by Gasteiger charge is 2.24. The number of aromatic nitrogens is 1. The largest absolute Gasteiger partial charge is 0.457 e. The van der Waals surface area contributed by atoms with Gasteiger partial charge >= 0.3 is 12.0 Å². The molecule has 1 fully saturated rings. The molecule has 1 aromatic rings. The summed E-state index contributed by atoms with van der Waals surface area (Å²) in [6, 6.07) is 1.84. The van der Waals surface area contributed by atoms with Crippen LogP contribution in [0.1, 0.15) is 31.9 Å². The molecule has 2 aliphatic heterocycles. The Balaban J connectivity index is 1.59. The Morgan fingerprint density at radius 1 is 1.24 bits per heavy atom. The molecule has 8 nitrogen and oxygen atoms in total. The van der Waals surface area contributed by atoms with E-state index in [0.29, 0.717) is 18.9 Å². The van der Waals surface area contributed by atoms with Gasteiger partial charge in [0.2, 0.25) is 0 Å². The first-order chi connectivity index (χ1) is 13.7. The number of urea groups is 1. The Morgan fingerprint density at radius 3 is 2.66 bits per heavy atom. The number of pyridine rings is 1. The summed E-state index contributed by atoms with van der Waals surface area (Å²) in [5, 5.41) is 2.86. The standard InChI is InChI=1S/C21H31N5O3/c1-21(2,3)29-18(27)6-5-16-13-17-15-26(20(28)23-19(17)22-14-16)12-11-25-9-7-24(4)8-10-25/h5-6,13-14H,7-12,15H2,1-4H3,(H,22,23,28)/b6-5+. The van der Waals surface area contributed by atoms with Crippen molar-refractivity contribution in [2.75, 3.05) is 51.6 Å². The fourth-order valence-electron chi connectivity index (χ4n) is 3.33. The van der Waals surface area contributed by atoms with Crippen LogP contribution in [0.3, 0.4) is 0 Å². The highest BCUT2D eigenvalue weighted by molar-refractivity contribution is 5.91. The van der Waals surface area contributed by atoms with Crippen LogP contribution in [-0.2, 0) is 16.1 Å². The molecule has 0 atom stereocenters. The van der Waals surface area contributed by atoms with Crippen LogP contribution in [0.4, 0.5) is 10.6 Å². The topological polar surface area (TPSA) is 78.0 Å². The van der Waals surface area contributed by atoms with Gasteiger partial charge in [-0.1, -0.05) is 0 Å².